The highest BCUT2D eigenvalue weighted by Gasteiger charge is 2.26. The largest absolute Gasteiger partial charge is 0.480 e. The second-order valence-corrected chi connectivity index (χ2v) is 6.52. The van der Waals surface area contributed by atoms with Crippen molar-refractivity contribution in [3.05, 3.63) is 0 Å². The molecule has 18 heavy (non-hydrogen) atoms. The molecule has 0 saturated carbocycles. The fraction of sp³-hybridized carbons (Fsp3) is 0.900. The molecule has 0 heterocycles. The monoisotopic (exact) mass is 299 g/mol. The summed E-state index contributed by atoms with van der Waals surface area (Å²) in [6, 6.07) is -0.730. The standard InChI is InChI=1S/C10H22NO5PS/c1-4-15-17(14,16-5-2)8-11-9(10(12)13)6-7-18-3/h9,11H,4-8H2,1-3H3,(H,12,13)/t9-/m0/s1. The van der Waals surface area contributed by atoms with Gasteiger partial charge in [0.2, 0.25) is 0 Å². The van der Waals surface area contributed by atoms with Gasteiger partial charge in [0.15, 0.2) is 0 Å². The molecule has 0 aromatic carbocycles. The molecule has 0 aliphatic carbocycles. The summed E-state index contributed by atoms with van der Waals surface area (Å²) in [7, 11) is -3.23. The van der Waals surface area contributed by atoms with Crippen LogP contribution in [0, 0.1) is 0 Å². The third-order valence-electron chi connectivity index (χ3n) is 2.09. The lowest BCUT2D eigenvalue weighted by atomic mass is 10.2. The molecule has 0 aromatic heterocycles. The maximum atomic E-state index is 12.1. The number of carboxylic acid groups (broad SMARTS) is 1. The summed E-state index contributed by atoms with van der Waals surface area (Å²) in [5.74, 6) is -0.235. The molecule has 0 unspecified atom stereocenters. The van der Waals surface area contributed by atoms with E-state index in [2.05, 4.69) is 5.32 Å². The van der Waals surface area contributed by atoms with Crippen LogP contribution < -0.4 is 5.32 Å². The van der Waals surface area contributed by atoms with Crippen LogP contribution >= 0.6 is 19.4 Å². The SMILES string of the molecule is CCOP(=O)(CN[C@@H](CCSC)C(=O)O)OCC. The van der Waals surface area contributed by atoms with Crippen LogP contribution in [0.25, 0.3) is 0 Å². The number of carboxylic acids is 1. The molecule has 0 saturated heterocycles. The molecule has 6 nitrogen and oxygen atoms in total. The molecular formula is C10H22NO5PS. The molecule has 0 amide bonds. The summed E-state index contributed by atoms with van der Waals surface area (Å²) in [6.07, 6.45) is 2.29. The highest BCUT2D eigenvalue weighted by Crippen LogP contribution is 2.46. The third-order valence-corrected chi connectivity index (χ3v) is 4.61. The van der Waals surface area contributed by atoms with Gasteiger partial charge in [-0.15, -0.1) is 0 Å². The van der Waals surface area contributed by atoms with Crippen LogP contribution in [-0.2, 0) is 18.4 Å². The lowest BCUT2D eigenvalue weighted by molar-refractivity contribution is -0.139. The second-order valence-electron chi connectivity index (χ2n) is 3.48. The number of rotatable bonds is 11. The van der Waals surface area contributed by atoms with Gasteiger partial charge in [0.1, 0.15) is 6.04 Å². The average Bonchev–Trinajstić information content (AvgIpc) is 2.29. The fourth-order valence-corrected chi connectivity index (χ4v) is 3.25. The summed E-state index contributed by atoms with van der Waals surface area (Å²) in [5.41, 5.74) is 0. The highest BCUT2D eigenvalue weighted by atomic mass is 32.2. The van der Waals surface area contributed by atoms with Gasteiger partial charge in [-0.25, -0.2) is 0 Å². The van der Waals surface area contributed by atoms with E-state index in [0.29, 0.717) is 6.42 Å². The Morgan fingerprint density at radius 3 is 2.33 bits per heavy atom. The Bertz CT molecular complexity index is 279. The van der Waals surface area contributed by atoms with Crippen molar-refractivity contribution in [2.45, 2.75) is 26.3 Å². The second kappa shape index (κ2) is 9.81. The molecule has 8 heteroatoms. The van der Waals surface area contributed by atoms with Crippen LogP contribution in [-0.4, -0.2) is 48.6 Å². The molecule has 1 atom stereocenters. The van der Waals surface area contributed by atoms with E-state index in [9.17, 15) is 9.36 Å². The van der Waals surface area contributed by atoms with Gasteiger partial charge in [-0.05, 0) is 32.3 Å². The van der Waals surface area contributed by atoms with E-state index in [4.69, 9.17) is 14.2 Å². The van der Waals surface area contributed by atoms with Gasteiger partial charge < -0.3 is 14.2 Å². The average molecular weight is 299 g/mol. The number of hydrogen-bond donors (Lipinski definition) is 2. The topological polar surface area (TPSA) is 84.9 Å². The Balaban J connectivity index is 4.36. The van der Waals surface area contributed by atoms with Crippen LogP contribution in [0.4, 0.5) is 0 Å². The Hall–Kier alpha value is -0.0700. The van der Waals surface area contributed by atoms with E-state index in [-0.39, 0.29) is 19.5 Å². The predicted molar refractivity (Wildman–Crippen MR) is 73.3 cm³/mol. The smallest absolute Gasteiger partial charge is 0.344 e. The van der Waals surface area contributed by atoms with Crippen LogP contribution in [0.15, 0.2) is 0 Å². The Morgan fingerprint density at radius 2 is 1.94 bits per heavy atom. The molecule has 0 spiro atoms. The molecule has 0 aliphatic heterocycles. The summed E-state index contributed by atoms with van der Waals surface area (Å²) in [6.45, 7) is 3.96. The van der Waals surface area contributed by atoms with Gasteiger partial charge in [-0.2, -0.15) is 11.8 Å². The van der Waals surface area contributed by atoms with Crippen LogP contribution in [0.1, 0.15) is 20.3 Å². The summed E-state index contributed by atoms with van der Waals surface area (Å²) in [4.78, 5) is 11.0. The molecule has 108 valence electrons. The van der Waals surface area contributed by atoms with E-state index >= 15 is 0 Å². The van der Waals surface area contributed by atoms with Gasteiger partial charge in [0.25, 0.3) is 0 Å². The van der Waals surface area contributed by atoms with Crippen molar-refractivity contribution >= 4 is 25.3 Å². The summed E-state index contributed by atoms with van der Waals surface area (Å²) >= 11 is 1.57. The maximum absolute atomic E-state index is 12.1. The molecular weight excluding hydrogens is 277 g/mol. The molecule has 0 aromatic rings. The van der Waals surface area contributed by atoms with Gasteiger partial charge in [-0.1, -0.05) is 0 Å². The zero-order valence-electron chi connectivity index (χ0n) is 11.0. The lowest BCUT2D eigenvalue weighted by Gasteiger charge is -2.20. The van der Waals surface area contributed by atoms with E-state index in [1.807, 2.05) is 6.26 Å². The number of thioether (sulfide) groups is 1. The minimum Gasteiger partial charge on any atom is -0.480 e. The van der Waals surface area contributed by atoms with Crippen molar-refractivity contribution < 1.29 is 23.5 Å². The number of hydrogen-bond acceptors (Lipinski definition) is 6. The maximum Gasteiger partial charge on any atom is 0.344 e. The van der Waals surface area contributed by atoms with Gasteiger partial charge >= 0.3 is 13.6 Å². The zero-order valence-corrected chi connectivity index (χ0v) is 12.8. The van der Waals surface area contributed by atoms with Crippen LogP contribution in [0.2, 0.25) is 0 Å². The van der Waals surface area contributed by atoms with E-state index in [1.54, 1.807) is 25.6 Å². The predicted octanol–water partition coefficient (Wildman–Crippen LogP) is 2.01. The number of carbonyl (C=O) groups is 1. The van der Waals surface area contributed by atoms with Gasteiger partial charge in [-0.3, -0.25) is 14.7 Å². The van der Waals surface area contributed by atoms with Crippen molar-refractivity contribution in [3.63, 3.8) is 0 Å². The highest BCUT2D eigenvalue weighted by molar-refractivity contribution is 7.98. The molecule has 2 N–H and O–H groups in total. The van der Waals surface area contributed by atoms with Crippen molar-refractivity contribution in [2.75, 3.05) is 31.5 Å². The number of nitrogens with one attached hydrogen (secondary N) is 1. The molecule has 0 bridgehead atoms. The first kappa shape index (κ1) is 17.9. The van der Waals surface area contributed by atoms with E-state index in [0.717, 1.165) is 5.75 Å². The van der Waals surface area contributed by atoms with Crippen LogP contribution in [0.3, 0.4) is 0 Å². The Morgan fingerprint density at radius 1 is 1.39 bits per heavy atom. The molecule has 0 aliphatic rings. The molecule has 0 fully saturated rings. The Labute approximate surface area is 112 Å². The zero-order chi connectivity index (χ0) is 14.0. The van der Waals surface area contributed by atoms with Crippen molar-refractivity contribution in [1.29, 1.82) is 0 Å². The molecule has 0 radical (unpaired) electrons. The lowest BCUT2D eigenvalue weighted by Crippen LogP contribution is -2.38. The minimum absolute atomic E-state index is 0.0833. The summed E-state index contributed by atoms with van der Waals surface area (Å²) < 4.78 is 22.3. The Kier molecular flexibility index (Phi) is 9.77. The number of aliphatic carboxylic acids is 1. The van der Waals surface area contributed by atoms with E-state index in [1.165, 1.54) is 0 Å². The first-order valence-electron chi connectivity index (χ1n) is 5.82. The van der Waals surface area contributed by atoms with Gasteiger partial charge in [0, 0.05) is 0 Å². The van der Waals surface area contributed by atoms with Crippen molar-refractivity contribution in [1.82, 2.24) is 5.32 Å². The third kappa shape index (κ3) is 7.38. The van der Waals surface area contributed by atoms with Crippen molar-refractivity contribution in [3.8, 4) is 0 Å². The first-order chi connectivity index (χ1) is 8.49. The van der Waals surface area contributed by atoms with Crippen LogP contribution in [0.5, 0.6) is 0 Å². The summed E-state index contributed by atoms with van der Waals surface area (Å²) in [5, 5.41) is 11.8. The van der Waals surface area contributed by atoms with Gasteiger partial charge in [0.05, 0.1) is 19.5 Å². The molecule has 0 rings (SSSR count). The minimum atomic E-state index is -3.23. The fourth-order valence-electron chi connectivity index (χ4n) is 1.29. The van der Waals surface area contributed by atoms with Crippen molar-refractivity contribution in [2.24, 2.45) is 0 Å². The first-order valence-corrected chi connectivity index (χ1v) is 8.94. The normalized spacial score (nSPS) is 13.5. The quantitative estimate of drug-likeness (QED) is 0.564. The van der Waals surface area contributed by atoms with E-state index < -0.39 is 19.6 Å².